The number of hydrogen-bond donors (Lipinski definition) is 1. The Balaban J connectivity index is 2.13. The van der Waals surface area contributed by atoms with Gasteiger partial charge < -0.3 is 14.5 Å². The van der Waals surface area contributed by atoms with Crippen LogP contribution in [0.4, 0.5) is 0 Å². The molecule has 1 aromatic heterocycles. The minimum atomic E-state index is -0.602. The average Bonchev–Trinajstić information content (AvgIpc) is 3.10. The maximum absolute atomic E-state index is 12.7. The van der Waals surface area contributed by atoms with Crippen molar-refractivity contribution < 1.29 is 18.7 Å². The SMILES string of the molecule is CC(=O)C[C@H](NC(=O)C1CCCCC1)c1nnc([C@H](COC(C)(C)C)N(C)C)o1. The molecule has 0 saturated heterocycles. The molecule has 0 spiro atoms. The molecule has 1 aromatic rings. The number of nitrogens with one attached hydrogen (secondary N) is 1. The van der Waals surface area contributed by atoms with Crippen molar-refractivity contribution in [1.82, 2.24) is 20.4 Å². The van der Waals surface area contributed by atoms with Gasteiger partial charge in [0.25, 0.3) is 0 Å². The fourth-order valence-corrected chi connectivity index (χ4v) is 3.43. The molecule has 2 rings (SSSR count). The van der Waals surface area contributed by atoms with Gasteiger partial charge in [-0.25, -0.2) is 0 Å². The highest BCUT2D eigenvalue weighted by atomic mass is 16.5. The number of Topliss-reactive ketones (excluding diaryl/α,β-unsaturated/α-hetero) is 1. The van der Waals surface area contributed by atoms with Crippen molar-refractivity contribution in [3.05, 3.63) is 11.8 Å². The van der Waals surface area contributed by atoms with Crippen LogP contribution in [0, 0.1) is 5.92 Å². The molecule has 2 atom stereocenters. The molecule has 1 aliphatic carbocycles. The maximum atomic E-state index is 12.7. The summed E-state index contributed by atoms with van der Waals surface area (Å²) in [4.78, 5) is 26.4. The van der Waals surface area contributed by atoms with Gasteiger partial charge in [0.15, 0.2) is 0 Å². The van der Waals surface area contributed by atoms with Crippen molar-refractivity contribution in [3.8, 4) is 0 Å². The molecule has 8 nitrogen and oxygen atoms in total. The quantitative estimate of drug-likeness (QED) is 0.670. The summed E-state index contributed by atoms with van der Waals surface area (Å²) < 4.78 is 11.8. The first-order chi connectivity index (χ1) is 13.6. The minimum absolute atomic E-state index is 0.00434. The first kappa shape index (κ1) is 23.5. The zero-order chi connectivity index (χ0) is 21.6. The lowest BCUT2D eigenvalue weighted by atomic mass is 9.88. The number of likely N-dealkylation sites (N-methyl/N-ethyl adjacent to an activating group) is 1. The number of rotatable bonds is 9. The van der Waals surface area contributed by atoms with Crippen molar-refractivity contribution in [2.45, 2.75) is 83.9 Å². The smallest absolute Gasteiger partial charge is 0.239 e. The Hall–Kier alpha value is -1.80. The molecule has 1 heterocycles. The second-order valence-corrected chi connectivity index (χ2v) is 9.18. The molecule has 29 heavy (non-hydrogen) atoms. The molecule has 0 radical (unpaired) electrons. The van der Waals surface area contributed by atoms with Crippen LogP contribution in [-0.2, 0) is 14.3 Å². The molecule has 1 amide bonds. The largest absolute Gasteiger partial charge is 0.421 e. The van der Waals surface area contributed by atoms with Crippen LogP contribution < -0.4 is 5.32 Å². The first-order valence-electron chi connectivity index (χ1n) is 10.5. The van der Waals surface area contributed by atoms with E-state index < -0.39 is 6.04 Å². The highest BCUT2D eigenvalue weighted by Gasteiger charge is 2.30. The fraction of sp³-hybridized carbons (Fsp3) is 0.810. The second-order valence-electron chi connectivity index (χ2n) is 9.18. The molecule has 1 N–H and O–H groups in total. The minimum Gasteiger partial charge on any atom is -0.421 e. The molecule has 0 unspecified atom stereocenters. The second kappa shape index (κ2) is 10.3. The standard InChI is InChI=1S/C21H36N4O4/c1-14(26)12-16(22-18(27)15-10-8-7-9-11-15)19-23-24-20(29-19)17(25(5)6)13-28-21(2,3)4/h15-17H,7-13H2,1-6H3,(H,22,27)/t16-,17-/m0/s1. The number of carbonyl (C=O) groups is 2. The van der Waals surface area contributed by atoms with E-state index >= 15 is 0 Å². The number of hydrogen-bond acceptors (Lipinski definition) is 7. The normalized spacial score (nSPS) is 17.9. The van der Waals surface area contributed by atoms with Gasteiger partial charge in [-0.3, -0.25) is 14.5 Å². The molecule has 1 fully saturated rings. The number of nitrogens with zero attached hydrogens (tertiary/aromatic N) is 3. The Labute approximate surface area is 173 Å². The molecule has 1 saturated carbocycles. The van der Waals surface area contributed by atoms with E-state index in [9.17, 15) is 9.59 Å². The van der Waals surface area contributed by atoms with Gasteiger partial charge in [-0.1, -0.05) is 19.3 Å². The summed E-state index contributed by atoms with van der Waals surface area (Å²) in [6.07, 6.45) is 5.22. The third-order valence-corrected chi connectivity index (χ3v) is 5.12. The van der Waals surface area contributed by atoms with Gasteiger partial charge in [-0.2, -0.15) is 0 Å². The lowest BCUT2D eigenvalue weighted by Crippen LogP contribution is -2.36. The van der Waals surface area contributed by atoms with Crippen LogP contribution in [0.2, 0.25) is 0 Å². The number of ketones is 1. The van der Waals surface area contributed by atoms with Gasteiger partial charge in [0.2, 0.25) is 17.7 Å². The van der Waals surface area contributed by atoms with Gasteiger partial charge in [-0.05, 0) is 54.6 Å². The van der Waals surface area contributed by atoms with E-state index in [2.05, 4.69) is 15.5 Å². The summed E-state index contributed by atoms with van der Waals surface area (Å²) in [5.74, 6) is 0.599. The van der Waals surface area contributed by atoms with Gasteiger partial charge in [0, 0.05) is 12.3 Å². The molecular weight excluding hydrogens is 372 g/mol. The van der Waals surface area contributed by atoms with E-state index in [0.29, 0.717) is 12.5 Å². The Morgan fingerprint density at radius 1 is 1.17 bits per heavy atom. The molecule has 8 heteroatoms. The van der Waals surface area contributed by atoms with E-state index in [4.69, 9.17) is 9.15 Å². The van der Waals surface area contributed by atoms with E-state index in [0.717, 1.165) is 25.7 Å². The maximum Gasteiger partial charge on any atom is 0.239 e. The molecule has 0 aliphatic heterocycles. The van der Waals surface area contributed by atoms with Gasteiger partial charge in [0.1, 0.15) is 17.9 Å². The summed E-state index contributed by atoms with van der Waals surface area (Å²) in [5, 5.41) is 11.3. The topological polar surface area (TPSA) is 97.6 Å². The Morgan fingerprint density at radius 3 is 2.34 bits per heavy atom. The van der Waals surface area contributed by atoms with Crippen molar-refractivity contribution in [2.24, 2.45) is 5.92 Å². The number of amides is 1. The van der Waals surface area contributed by atoms with Gasteiger partial charge >= 0.3 is 0 Å². The molecule has 0 bridgehead atoms. The highest BCUT2D eigenvalue weighted by Crippen LogP contribution is 2.27. The number of aromatic nitrogens is 2. The zero-order valence-corrected chi connectivity index (χ0v) is 18.7. The Kier molecular flexibility index (Phi) is 8.34. The summed E-state index contributed by atoms with van der Waals surface area (Å²) in [7, 11) is 3.83. The number of carbonyl (C=O) groups excluding carboxylic acids is 2. The lowest BCUT2D eigenvalue weighted by Gasteiger charge is -2.26. The summed E-state index contributed by atoms with van der Waals surface area (Å²) in [6, 6.07) is -0.822. The predicted octanol–water partition coefficient (Wildman–Crippen LogP) is 3.20. The molecular formula is C21H36N4O4. The van der Waals surface area contributed by atoms with Crippen molar-refractivity contribution in [2.75, 3.05) is 20.7 Å². The predicted molar refractivity (Wildman–Crippen MR) is 109 cm³/mol. The van der Waals surface area contributed by atoms with Crippen molar-refractivity contribution in [1.29, 1.82) is 0 Å². The van der Waals surface area contributed by atoms with Gasteiger partial charge in [-0.15, -0.1) is 10.2 Å². The van der Waals surface area contributed by atoms with E-state index in [1.807, 2.05) is 39.8 Å². The number of ether oxygens (including phenoxy) is 1. The third kappa shape index (κ3) is 7.51. The van der Waals surface area contributed by atoms with Crippen LogP contribution >= 0.6 is 0 Å². The Bertz CT molecular complexity index is 674. The molecule has 1 aliphatic rings. The zero-order valence-electron chi connectivity index (χ0n) is 18.7. The van der Waals surface area contributed by atoms with Crippen LogP contribution in [-0.4, -0.2) is 53.1 Å². The van der Waals surface area contributed by atoms with Crippen molar-refractivity contribution in [3.63, 3.8) is 0 Å². The van der Waals surface area contributed by atoms with Crippen LogP contribution in [0.5, 0.6) is 0 Å². The van der Waals surface area contributed by atoms with E-state index in [1.165, 1.54) is 13.3 Å². The van der Waals surface area contributed by atoms with Crippen LogP contribution in [0.25, 0.3) is 0 Å². The molecule has 164 valence electrons. The average molecular weight is 409 g/mol. The van der Waals surface area contributed by atoms with Crippen LogP contribution in [0.15, 0.2) is 4.42 Å². The van der Waals surface area contributed by atoms with Crippen LogP contribution in [0.3, 0.4) is 0 Å². The van der Waals surface area contributed by atoms with E-state index in [1.54, 1.807) is 0 Å². The van der Waals surface area contributed by atoms with E-state index in [-0.39, 0.29) is 41.6 Å². The molecule has 0 aromatic carbocycles. The lowest BCUT2D eigenvalue weighted by molar-refractivity contribution is -0.127. The van der Waals surface area contributed by atoms with Gasteiger partial charge in [0.05, 0.1) is 12.2 Å². The van der Waals surface area contributed by atoms with Crippen LogP contribution in [0.1, 0.15) is 90.1 Å². The monoisotopic (exact) mass is 408 g/mol. The van der Waals surface area contributed by atoms with Crippen molar-refractivity contribution >= 4 is 11.7 Å². The fourth-order valence-electron chi connectivity index (χ4n) is 3.43. The summed E-state index contributed by atoms with van der Waals surface area (Å²) in [6.45, 7) is 7.86. The highest BCUT2D eigenvalue weighted by molar-refractivity contribution is 5.81. The third-order valence-electron chi connectivity index (χ3n) is 5.12. The first-order valence-corrected chi connectivity index (χ1v) is 10.5. The Morgan fingerprint density at radius 2 is 1.79 bits per heavy atom. The summed E-state index contributed by atoms with van der Waals surface area (Å²) >= 11 is 0. The summed E-state index contributed by atoms with van der Waals surface area (Å²) in [5.41, 5.74) is -0.289.